The molecular formula is C19H19FO4. The van der Waals surface area contributed by atoms with Crippen LogP contribution in [0.1, 0.15) is 29.8 Å². The highest BCUT2D eigenvalue weighted by atomic mass is 19.1. The van der Waals surface area contributed by atoms with Gasteiger partial charge < -0.3 is 14.2 Å². The summed E-state index contributed by atoms with van der Waals surface area (Å²) in [5.74, 6) is -0.200. The van der Waals surface area contributed by atoms with Crippen molar-refractivity contribution in [2.24, 2.45) is 0 Å². The van der Waals surface area contributed by atoms with Gasteiger partial charge in [-0.1, -0.05) is 18.2 Å². The summed E-state index contributed by atoms with van der Waals surface area (Å²) in [6.45, 7) is 3.68. The monoisotopic (exact) mass is 330 g/mol. The summed E-state index contributed by atoms with van der Waals surface area (Å²) in [4.78, 5) is 12.0. The van der Waals surface area contributed by atoms with E-state index in [0.29, 0.717) is 11.5 Å². The number of benzene rings is 2. The molecule has 4 nitrogen and oxygen atoms in total. The maximum atomic E-state index is 14.1. The first-order valence-electron chi connectivity index (χ1n) is 7.55. The van der Waals surface area contributed by atoms with Crippen molar-refractivity contribution in [1.82, 2.24) is 0 Å². The predicted molar refractivity (Wildman–Crippen MR) is 90.1 cm³/mol. The van der Waals surface area contributed by atoms with Crippen LogP contribution in [-0.2, 0) is 4.74 Å². The third-order valence-electron chi connectivity index (χ3n) is 3.24. The summed E-state index contributed by atoms with van der Waals surface area (Å²) >= 11 is 0. The zero-order chi connectivity index (χ0) is 17.5. The lowest BCUT2D eigenvalue weighted by Gasteiger charge is -2.14. The molecule has 2 rings (SSSR count). The maximum Gasteiger partial charge on any atom is 0.344 e. The minimum absolute atomic E-state index is 0.101. The third-order valence-corrected chi connectivity index (χ3v) is 3.24. The molecule has 0 N–H and O–H groups in total. The minimum atomic E-state index is -0.758. The number of hydrogen-bond donors (Lipinski definition) is 0. The summed E-state index contributed by atoms with van der Waals surface area (Å²) in [7, 11) is 1.57. The molecule has 0 aliphatic heterocycles. The summed E-state index contributed by atoms with van der Waals surface area (Å²) in [5, 5.41) is 0. The highest BCUT2D eigenvalue weighted by molar-refractivity contribution is 5.93. The lowest BCUT2D eigenvalue weighted by atomic mass is 10.1. The fourth-order valence-electron chi connectivity index (χ4n) is 2.17. The first-order chi connectivity index (χ1) is 11.6. The molecule has 0 saturated heterocycles. The van der Waals surface area contributed by atoms with Crippen molar-refractivity contribution >= 4 is 12.0 Å². The van der Waals surface area contributed by atoms with Crippen LogP contribution in [0.25, 0.3) is 6.08 Å². The third kappa shape index (κ3) is 3.93. The molecule has 0 heterocycles. The number of halogens is 1. The van der Waals surface area contributed by atoms with Crippen LogP contribution in [0.3, 0.4) is 0 Å². The van der Waals surface area contributed by atoms with E-state index in [1.807, 2.05) is 19.1 Å². The molecule has 0 aromatic heterocycles. The second-order valence-corrected chi connectivity index (χ2v) is 4.84. The molecule has 24 heavy (non-hydrogen) atoms. The summed E-state index contributed by atoms with van der Waals surface area (Å²) in [6, 6.07) is 9.42. The Hall–Kier alpha value is -2.82. The number of esters is 1. The number of methoxy groups -OCH3 is 1. The molecule has 0 bridgehead atoms. The van der Waals surface area contributed by atoms with E-state index in [-0.39, 0.29) is 17.9 Å². The van der Waals surface area contributed by atoms with Crippen LogP contribution < -0.4 is 9.47 Å². The van der Waals surface area contributed by atoms with E-state index in [1.54, 1.807) is 32.2 Å². The number of ether oxygens (including phenoxy) is 3. The largest absolute Gasteiger partial charge is 0.497 e. The number of allylic oxidation sites excluding steroid dienone is 1. The van der Waals surface area contributed by atoms with Gasteiger partial charge in [0.1, 0.15) is 28.6 Å². The van der Waals surface area contributed by atoms with Gasteiger partial charge in [-0.15, -0.1) is 0 Å². The zero-order valence-corrected chi connectivity index (χ0v) is 13.8. The minimum Gasteiger partial charge on any atom is -0.497 e. The molecule has 0 aliphatic rings. The summed E-state index contributed by atoms with van der Waals surface area (Å²) < 4.78 is 30.0. The Labute approximate surface area is 140 Å². The first kappa shape index (κ1) is 17.5. The van der Waals surface area contributed by atoms with Gasteiger partial charge in [0.05, 0.1) is 13.7 Å². The molecule has 0 aliphatic carbocycles. The first-order valence-corrected chi connectivity index (χ1v) is 7.55. The highest BCUT2D eigenvalue weighted by Crippen LogP contribution is 2.32. The van der Waals surface area contributed by atoms with Crippen molar-refractivity contribution in [1.29, 1.82) is 0 Å². The lowest BCUT2D eigenvalue weighted by Crippen LogP contribution is -2.09. The van der Waals surface area contributed by atoms with Crippen molar-refractivity contribution in [2.75, 3.05) is 13.7 Å². The fraction of sp³-hybridized carbons (Fsp3) is 0.211. The van der Waals surface area contributed by atoms with E-state index < -0.39 is 11.8 Å². The molecule has 0 unspecified atom stereocenters. The molecule has 0 amide bonds. The van der Waals surface area contributed by atoms with Gasteiger partial charge in [-0.3, -0.25) is 0 Å². The molecule has 0 fully saturated rings. The number of carbonyl (C=O) groups excluding carboxylic acids is 1. The molecule has 0 radical (unpaired) electrons. The molecule has 2 aromatic rings. The van der Waals surface area contributed by atoms with Crippen molar-refractivity contribution in [2.45, 2.75) is 13.8 Å². The van der Waals surface area contributed by atoms with Crippen LogP contribution in [0.4, 0.5) is 4.39 Å². The van der Waals surface area contributed by atoms with Gasteiger partial charge in [-0.25, -0.2) is 9.18 Å². The van der Waals surface area contributed by atoms with Gasteiger partial charge in [0, 0.05) is 5.56 Å². The molecular weight excluding hydrogens is 311 g/mol. The van der Waals surface area contributed by atoms with Crippen molar-refractivity contribution in [3.63, 3.8) is 0 Å². The van der Waals surface area contributed by atoms with Gasteiger partial charge in [-0.05, 0) is 44.2 Å². The Kier molecular flexibility index (Phi) is 5.95. The topological polar surface area (TPSA) is 44.8 Å². The number of rotatable bonds is 6. The van der Waals surface area contributed by atoms with E-state index in [9.17, 15) is 9.18 Å². The maximum absolute atomic E-state index is 14.1. The second kappa shape index (κ2) is 8.15. The molecule has 2 aromatic carbocycles. The van der Waals surface area contributed by atoms with Crippen LogP contribution in [0.15, 0.2) is 42.5 Å². The van der Waals surface area contributed by atoms with Crippen LogP contribution in [0.5, 0.6) is 17.2 Å². The molecule has 0 spiro atoms. The van der Waals surface area contributed by atoms with Crippen LogP contribution in [-0.4, -0.2) is 19.7 Å². The van der Waals surface area contributed by atoms with Gasteiger partial charge in [0.25, 0.3) is 0 Å². The van der Waals surface area contributed by atoms with E-state index in [4.69, 9.17) is 14.2 Å². The van der Waals surface area contributed by atoms with Gasteiger partial charge >= 0.3 is 5.97 Å². The van der Waals surface area contributed by atoms with E-state index in [1.165, 1.54) is 18.2 Å². The van der Waals surface area contributed by atoms with E-state index >= 15 is 0 Å². The Morgan fingerprint density at radius 3 is 2.67 bits per heavy atom. The summed E-state index contributed by atoms with van der Waals surface area (Å²) in [6.07, 6.45) is 3.68. The van der Waals surface area contributed by atoms with Gasteiger partial charge in [-0.2, -0.15) is 0 Å². The van der Waals surface area contributed by atoms with Crippen molar-refractivity contribution < 1.29 is 23.4 Å². The van der Waals surface area contributed by atoms with Crippen LogP contribution in [0.2, 0.25) is 0 Å². The highest BCUT2D eigenvalue weighted by Gasteiger charge is 2.20. The smallest absolute Gasteiger partial charge is 0.344 e. The lowest BCUT2D eigenvalue weighted by molar-refractivity contribution is 0.0518. The Morgan fingerprint density at radius 2 is 2.00 bits per heavy atom. The second-order valence-electron chi connectivity index (χ2n) is 4.84. The normalized spacial score (nSPS) is 10.7. The number of carbonyl (C=O) groups is 1. The molecule has 0 atom stereocenters. The van der Waals surface area contributed by atoms with E-state index in [2.05, 4.69) is 0 Å². The number of hydrogen-bond acceptors (Lipinski definition) is 4. The predicted octanol–water partition coefficient (Wildman–Crippen LogP) is 4.84. The molecule has 126 valence electrons. The zero-order valence-electron chi connectivity index (χ0n) is 13.8. The van der Waals surface area contributed by atoms with Crippen LogP contribution in [0, 0.1) is 5.82 Å². The fourth-order valence-corrected chi connectivity index (χ4v) is 2.17. The van der Waals surface area contributed by atoms with Crippen LogP contribution >= 0.6 is 0 Å². The van der Waals surface area contributed by atoms with E-state index in [0.717, 1.165) is 5.56 Å². The standard InChI is InChI=1S/C19H19FO4/c1-4-7-13-12-14(22-3)10-11-16(13)24-17-9-6-8-15(20)18(17)19(21)23-5-2/h4,6-12H,5H2,1-3H3/b7-4-. The Bertz CT molecular complexity index is 753. The molecule has 5 heteroatoms. The Balaban J connectivity index is 2.45. The summed E-state index contributed by atoms with van der Waals surface area (Å²) in [5.41, 5.74) is 0.525. The Morgan fingerprint density at radius 1 is 1.21 bits per heavy atom. The molecule has 0 saturated carbocycles. The average molecular weight is 330 g/mol. The average Bonchev–Trinajstić information content (AvgIpc) is 2.57. The van der Waals surface area contributed by atoms with Gasteiger partial charge in [0.15, 0.2) is 0 Å². The quantitative estimate of drug-likeness (QED) is 0.711. The van der Waals surface area contributed by atoms with Crippen molar-refractivity contribution in [3.8, 4) is 17.2 Å². The van der Waals surface area contributed by atoms with Gasteiger partial charge in [0.2, 0.25) is 0 Å². The SMILES string of the molecule is C/C=C\c1cc(OC)ccc1Oc1cccc(F)c1C(=O)OCC. The van der Waals surface area contributed by atoms with Crippen molar-refractivity contribution in [3.05, 3.63) is 59.4 Å².